The van der Waals surface area contributed by atoms with Crippen LogP contribution in [0.25, 0.3) is 0 Å². The van der Waals surface area contributed by atoms with E-state index in [1.807, 2.05) is 0 Å². The molecule has 0 radical (unpaired) electrons. The van der Waals surface area contributed by atoms with E-state index in [0.29, 0.717) is 17.8 Å². The second kappa shape index (κ2) is 5.38. The first-order chi connectivity index (χ1) is 8.99. The highest BCUT2D eigenvalue weighted by molar-refractivity contribution is 5.81. The van der Waals surface area contributed by atoms with Crippen molar-refractivity contribution in [3.05, 3.63) is 17.7 Å². The largest absolute Gasteiger partial charge is 0.493 e. The van der Waals surface area contributed by atoms with Gasteiger partial charge in [-0.15, -0.1) is 0 Å². The van der Waals surface area contributed by atoms with Crippen molar-refractivity contribution in [2.24, 2.45) is 0 Å². The van der Waals surface area contributed by atoms with Crippen LogP contribution in [0, 0.1) is 0 Å². The minimum Gasteiger partial charge on any atom is -0.493 e. The third-order valence-corrected chi connectivity index (χ3v) is 2.49. The summed E-state index contributed by atoms with van der Waals surface area (Å²) in [7, 11) is 0. The quantitative estimate of drug-likeness (QED) is 0.612. The zero-order valence-electron chi connectivity index (χ0n) is 9.83. The van der Waals surface area contributed by atoms with Gasteiger partial charge in [0.2, 0.25) is 6.79 Å². The number of hydrogen-bond donors (Lipinski definition) is 0. The molecular weight excluding hydrogens is 265 g/mol. The number of alkyl halides is 3. The predicted molar refractivity (Wildman–Crippen MR) is 58.7 cm³/mol. The molecule has 19 heavy (non-hydrogen) atoms. The Bertz CT molecular complexity index is 471. The monoisotopic (exact) mass is 276 g/mol. The molecule has 2 rings (SSSR count). The smallest absolute Gasteiger partial charge is 0.389 e. The van der Waals surface area contributed by atoms with Crippen LogP contribution in [0.4, 0.5) is 13.2 Å². The van der Waals surface area contributed by atoms with Crippen LogP contribution in [0.5, 0.6) is 17.2 Å². The van der Waals surface area contributed by atoms with Gasteiger partial charge in [0.25, 0.3) is 0 Å². The maximum Gasteiger partial charge on any atom is 0.389 e. The van der Waals surface area contributed by atoms with Gasteiger partial charge in [0.05, 0.1) is 12.2 Å². The molecule has 104 valence electrons. The average Bonchev–Trinajstić information content (AvgIpc) is 2.79. The molecule has 1 heterocycles. The second-order valence-electron chi connectivity index (χ2n) is 3.93. The lowest BCUT2D eigenvalue weighted by Gasteiger charge is -2.10. The summed E-state index contributed by atoms with van der Waals surface area (Å²) in [5, 5.41) is 0. The molecule has 1 aliphatic rings. The lowest BCUT2D eigenvalue weighted by Crippen LogP contribution is -2.10. The molecule has 0 atom stereocenters. The van der Waals surface area contributed by atoms with Crippen LogP contribution in [0.1, 0.15) is 23.2 Å². The fourth-order valence-corrected chi connectivity index (χ4v) is 1.61. The molecule has 0 bridgehead atoms. The minimum absolute atomic E-state index is 0.0468. The van der Waals surface area contributed by atoms with Gasteiger partial charge in [0.1, 0.15) is 5.75 Å². The van der Waals surface area contributed by atoms with Gasteiger partial charge >= 0.3 is 6.18 Å². The maximum atomic E-state index is 12.0. The highest BCUT2D eigenvalue weighted by Gasteiger charge is 2.26. The number of halogens is 3. The Kier molecular flexibility index (Phi) is 3.82. The topological polar surface area (TPSA) is 44.8 Å². The summed E-state index contributed by atoms with van der Waals surface area (Å²) in [4.78, 5) is 10.9. The number of benzene rings is 1. The molecule has 0 fully saturated rings. The van der Waals surface area contributed by atoms with Crippen molar-refractivity contribution in [3.8, 4) is 17.2 Å². The van der Waals surface area contributed by atoms with Crippen molar-refractivity contribution in [2.45, 2.75) is 19.0 Å². The van der Waals surface area contributed by atoms with E-state index in [1.165, 1.54) is 12.1 Å². The summed E-state index contributed by atoms with van der Waals surface area (Å²) in [5.41, 5.74) is 0.219. The molecule has 0 N–H and O–H groups in total. The summed E-state index contributed by atoms with van der Waals surface area (Å²) in [5.74, 6) is 1.03. The number of rotatable bonds is 5. The Morgan fingerprint density at radius 2 is 1.95 bits per heavy atom. The van der Waals surface area contributed by atoms with Crippen LogP contribution in [-0.2, 0) is 0 Å². The molecule has 7 heteroatoms. The number of fused-ring (bicyclic) bond motifs is 1. The first-order valence-electron chi connectivity index (χ1n) is 5.58. The first kappa shape index (κ1) is 13.5. The van der Waals surface area contributed by atoms with E-state index in [2.05, 4.69) is 0 Å². The number of aldehydes is 1. The van der Waals surface area contributed by atoms with Gasteiger partial charge in [-0.1, -0.05) is 0 Å². The fourth-order valence-electron chi connectivity index (χ4n) is 1.61. The van der Waals surface area contributed by atoms with E-state index in [9.17, 15) is 18.0 Å². The summed E-state index contributed by atoms with van der Waals surface area (Å²) < 4.78 is 51.2. The lowest BCUT2D eigenvalue weighted by atomic mass is 10.2. The maximum absolute atomic E-state index is 12.0. The standard InChI is InChI=1S/C12H11F3O4/c13-12(14,15)2-1-3-17-9-5-11-10(18-7-19-11)4-8(9)6-16/h4-6H,1-3,7H2. The molecule has 0 saturated carbocycles. The van der Waals surface area contributed by atoms with Gasteiger partial charge in [-0.25, -0.2) is 0 Å². The zero-order valence-corrected chi connectivity index (χ0v) is 9.83. The first-order valence-corrected chi connectivity index (χ1v) is 5.58. The van der Waals surface area contributed by atoms with Crippen LogP contribution in [0.2, 0.25) is 0 Å². The molecule has 4 nitrogen and oxygen atoms in total. The van der Waals surface area contributed by atoms with Crippen molar-refractivity contribution in [1.82, 2.24) is 0 Å². The van der Waals surface area contributed by atoms with E-state index < -0.39 is 12.6 Å². The normalized spacial score (nSPS) is 13.4. The molecule has 1 aromatic carbocycles. The molecule has 1 aromatic rings. The summed E-state index contributed by atoms with van der Waals surface area (Å²) in [6.07, 6.45) is -4.74. The number of ether oxygens (including phenoxy) is 3. The highest BCUT2D eigenvalue weighted by atomic mass is 19.4. The summed E-state index contributed by atoms with van der Waals surface area (Å²) in [6, 6.07) is 2.88. The Balaban J connectivity index is 1.98. The number of carbonyl (C=O) groups excluding carboxylic acids is 1. The SMILES string of the molecule is O=Cc1cc2c(cc1OCCCC(F)(F)F)OCO2. The van der Waals surface area contributed by atoms with Crippen LogP contribution in [0.3, 0.4) is 0 Å². The lowest BCUT2D eigenvalue weighted by molar-refractivity contribution is -0.136. The average molecular weight is 276 g/mol. The van der Waals surface area contributed by atoms with Crippen molar-refractivity contribution in [1.29, 1.82) is 0 Å². The van der Waals surface area contributed by atoms with Gasteiger partial charge < -0.3 is 14.2 Å². The van der Waals surface area contributed by atoms with E-state index >= 15 is 0 Å². The predicted octanol–water partition coefficient (Wildman–Crippen LogP) is 2.95. The Labute approximate surface area is 107 Å². The molecule has 0 amide bonds. The van der Waals surface area contributed by atoms with Gasteiger partial charge in [0.15, 0.2) is 17.8 Å². The second-order valence-corrected chi connectivity index (χ2v) is 3.93. The third kappa shape index (κ3) is 3.52. The minimum atomic E-state index is -4.20. The summed E-state index contributed by atoms with van der Waals surface area (Å²) >= 11 is 0. The molecule has 0 spiro atoms. The van der Waals surface area contributed by atoms with Gasteiger partial charge in [0, 0.05) is 12.5 Å². The summed E-state index contributed by atoms with van der Waals surface area (Å²) in [6.45, 7) is -0.0782. The number of carbonyl (C=O) groups is 1. The molecule has 0 unspecified atom stereocenters. The van der Waals surface area contributed by atoms with Gasteiger partial charge in [-0.3, -0.25) is 4.79 Å². The van der Waals surface area contributed by atoms with E-state index in [0.717, 1.165) is 0 Å². The fraction of sp³-hybridized carbons (Fsp3) is 0.417. The van der Waals surface area contributed by atoms with Gasteiger partial charge in [-0.2, -0.15) is 13.2 Å². The zero-order chi connectivity index (χ0) is 13.9. The Hall–Kier alpha value is -1.92. The van der Waals surface area contributed by atoms with E-state index in [4.69, 9.17) is 14.2 Å². The molecule has 0 aromatic heterocycles. The van der Waals surface area contributed by atoms with Crippen LogP contribution in [-0.4, -0.2) is 25.9 Å². The highest BCUT2D eigenvalue weighted by Crippen LogP contribution is 2.37. The van der Waals surface area contributed by atoms with Crippen molar-refractivity contribution in [3.63, 3.8) is 0 Å². The molecule has 0 saturated heterocycles. The van der Waals surface area contributed by atoms with Crippen LogP contribution < -0.4 is 14.2 Å². The third-order valence-electron chi connectivity index (χ3n) is 2.49. The van der Waals surface area contributed by atoms with Crippen molar-refractivity contribution < 1.29 is 32.2 Å². The Morgan fingerprint density at radius 3 is 2.58 bits per heavy atom. The molecule has 1 aliphatic heterocycles. The van der Waals surface area contributed by atoms with Crippen LogP contribution >= 0.6 is 0 Å². The molecule has 0 aliphatic carbocycles. The van der Waals surface area contributed by atoms with Gasteiger partial charge in [-0.05, 0) is 12.5 Å². The number of hydrogen-bond acceptors (Lipinski definition) is 4. The van der Waals surface area contributed by atoms with Crippen LogP contribution in [0.15, 0.2) is 12.1 Å². The van der Waals surface area contributed by atoms with Crippen molar-refractivity contribution >= 4 is 6.29 Å². The Morgan fingerprint density at radius 1 is 1.26 bits per heavy atom. The van der Waals surface area contributed by atoms with E-state index in [-0.39, 0.29) is 31.1 Å². The molecular formula is C12H11F3O4. The van der Waals surface area contributed by atoms with E-state index in [1.54, 1.807) is 0 Å². The van der Waals surface area contributed by atoms with Crippen molar-refractivity contribution in [2.75, 3.05) is 13.4 Å².